The number of esters is 1. The van der Waals surface area contributed by atoms with Gasteiger partial charge in [0.25, 0.3) is 0 Å². The lowest BCUT2D eigenvalue weighted by molar-refractivity contribution is 0.0459. The van der Waals surface area contributed by atoms with Crippen molar-refractivity contribution in [2.75, 3.05) is 0 Å². The summed E-state index contributed by atoms with van der Waals surface area (Å²) in [7, 11) is 0. The van der Waals surface area contributed by atoms with E-state index in [0.29, 0.717) is 22.9 Å². The van der Waals surface area contributed by atoms with Crippen LogP contribution in [-0.4, -0.2) is 15.9 Å². The van der Waals surface area contributed by atoms with Gasteiger partial charge in [-0.3, -0.25) is 0 Å². The van der Waals surface area contributed by atoms with Crippen LogP contribution < -0.4 is 0 Å². The Balaban J connectivity index is 1.56. The third-order valence-electron chi connectivity index (χ3n) is 4.85. The number of hydrogen-bond acceptors (Lipinski definition) is 3. The first-order valence-corrected chi connectivity index (χ1v) is 10.6. The van der Waals surface area contributed by atoms with Crippen molar-refractivity contribution in [3.05, 3.63) is 123 Å². The molecule has 1 N–H and O–H groups in total. The van der Waals surface area contributed by atoms with E-state index in [4.69, 9.17) is 27.9 Å². The molecule has 3 aromatic carbocycles. The van der Waals surface area contributed by atoms with Gasteiger partial charge >= 0.3 is 5.97 Å². The Kier molecular flexibility index (Phi) is 6.70. The van der Waals surface area contributed by atoms with Crippen LogP contribution in [0, 0.1) is 0 Å². The minimum Gasteiger partial charge on any atom is -0.455 e. The molecule has 0 aliphatic heterocycles. The highest BCUT2D eigenvalue weighted by molar-refractivity contribution is 6.30. The minimum absolute atomic E-state index is 0.194. The van der Waals surface area contributed by atoms with Crippen molar-refractivity contribution in [3.8, 4) is 0 Å². The van der Waals surface area contributed by atoms with Crippen molar-refractivity contribution in [1.29, 1.82) is 0 Å². The summed E-state index contributed by atoms with van der Waals surface area (Å²) < 4.78 is 5.45. The van der Waals surface area contributed by atoms with Gasteiger partial charge in [-0.25, -0.2) is 9.78 Å². The number of aromatic amines is 1. The number of benzene rings is 3. The molecule has 4 nitrogen and oxygen atoms in total. The number of carbonyl (C=O) groups excluding carboxylic acids is 1. The molecule has 0 unspecified atom stereocenters. The van der Waals surface area contributed by atoms with Gasteiger partial charge in [-0.2, -0.15) is 0 Å². The normalized spacial score (nSPS) is 10.8. The van der Waals surface area contributed by atoms with Crippen LogP contribution in [-0.2, 0) is 24.2 Å². The molecule has 0 amide bonds. The molecule has 6 heteroatoms. The van der Waals surface area contributed by atoms with Crippen molar-refractivity contribution < 1.29 is 9.53 Å². The fourth-order valence-electron chi connectivity index (χ4n) is 3.23. The Hall–Kier alpha value is -3.08. The lowest BCUT2D eigenvalue weighted by Crippen LogP contribution is -2.07. The summed E-state index contributed by atoms with van der Waals surface area (Å²) >= 11 is 12.0. The average Bonchev–Trinajstić information content (AvgIpc) is 3.18. The Labute approximate surface area is 190 Å². The molecule has 1 heterocycles. The van der Waals surface area contributed by atoms with E-state index in [2.05, 4.69) is 9.97 Å². The van der Waals surface area contributed by atoms with Crippen LogP contribution in [0.15, 0.2) is 78.9 Å². The van der Waals surface area contributed by atoms with Gasteiger partial charge in [0, 0.05) is 28.6 Å². The van der Waals surface area contributed by atoms with E-state index < -0.39 is 5.97 Å². The van der Waals surface area contributed by atoms with Gasteiger partial charge in [0.1, 0.15) is 6.61 Å². The first-order chi connectivity index (χ1) is 15.1. The zero-order valence-electron chi connectivity index (χ0n) is 16.6. The van der Waals surface area contributed by atoms with Gasteiger partial charge in [-0.15, -0.1) is 0 Å². The van der Waals surface area contributed by atoms with Crippen LogP contribution in [0.5, 0.6) is 0 Å². The van der Waals surface area contributed by atoms with Gasteiger partial charge in [0.05, 0.1) is 5.69 Å². The summed E-state index contributed by atoms with van der Waals surface area (Å²) in [5.41, 5.74) is 4.70. The van der Waals surface area contributed by atoms with E-state index >= 15 is 0 Å². The van der Waals surface area contributed by atoms with Gasteiger partial charge < -0.3 is 9.72 Å². The highest BCUT2D eigenvalue weighted by Crippen LogP contribution is 2.20. The summed E-state index contributed by atoms with van der Waals surface area (Å²) in [6.45, 7) is 0.194. The predicted octanol–water partition coefficient (Wildman–Crippen LogP) is 6.26. The van der Waals surface area contributed by atoms with Crippen LogP contribution in [0.1, 0.15) is 38.7 Å². The molecule has 1 aromatic heterocycles. The fourth-order valence-corrected chi connectivity index (χ4v) is 3.48. The zero-order chi connectivity index (χ0) is 21.6. The second kappa shape index (κ2) is 9.82. The molecule has 0 radical (unpaired) electrons. The van der Waals surface area contributed by atoms with Gasteiger partial charge in [-0.1, -0.05) is 77.8 Å². The maximum atomic E-state index is 12.6. The molecule has 4 aromatic rings. The molecule has 0 aliphatic rings. The van der Waals surface area contributed by atoms with Crippen LogP contribution >= 0.6 is 23.2 Å². The van der Waals surface area contributed by atoms with Crippen LogP contribution in [0.25, 0.3) is 0 Å². The van der Waals surface area contributed by atoms with Crippen molar-refractivity contribution in [3.63, 3.8) is 0 Å². The van der Waals surface area contributed by atoms with E-state index in [1.165, 1.54) is 0 Å². The minimum atomic E-state index is -0.483. The summed E-state index contributed by atoms with van der Waals surface area (Å²) in [5, 5.41) is 1.36. The zero-order valence-corrected chi connectivity index (χ0v) is 18.2. The molecule has 0 saturated heterocycles. The second-order valence-electron chi connectivity index (χ2n) is 7.18. The number of ether oxygens (including phenoxy) is 1. The molecule has 0 bridgehead atoms. The van der Waals surface area contributed by atoms with Crippen LogP contribution in [0.4, 0.5) is 0 Å². The molecule has 31 heavy (non-hydrogen) atoms. The van der Waals surface area contributed by atoms with E-state index in [0.717, 1.165) is 28.1 Å². The molecule has 0 fully saturated rings. The SMILES string of the molecule is O=C(OCc1ccccc1)c1nc(Cc2ccc(Cl)cc2)c(Cc2ccc(Cl)cc2)[nH]1. The van der Waals surface area contributed by atoms with Gasteiger partial charge in [0.15, 0.2) is 0 Å². The summed E-state index contributed by atoms with van der Waals surface area (Å²) in [6.07, 6.45) is 1.17. The van der Waals surface area contributed by atoms with E-state index in [9.17, 15) is 4.79 Å². The molecular formula is C25H20Cl2N2O2. The number of halogens is 2. The number of imidazole rings is 1. The molecule has 0 saturated carbocycles. The number of carbonyl (C=O) groups is 1. The second-order valence-corrected chi connectivity index (χ2v) is 8.05. The lowest BCUT2D eigenvalue weighted by Gasteiger charge is -2.04. The number of rotatable bonds is 7. The monoisotopic (exact) mass is 450 g/mol. The number of hydrogen-bond donors (Lipinski definition) is 1. The van der Waals surface area contributed by atoms with Crippen LogP contribution in [0.2, 0.25) is 10.0 Å². The molecule has 4 rings (SSSR count). The molecule has 0 atom stereocenters. The van der Waals surface area contributed by atoms with Crippen molar-refractivity contribution >= 4 is 29.2 Å². The highest BCUT2D eigenvalue weighted by atomic mass is 35.5. The maximum absolute atomic E-state index is 12.6. The summed E-state index contributed by atoms with van der Waals surface area (Å²) in [6, 6.07) is 24.8. The number of aromatic nitrogens is 2. The van der Waals surface area contributed by atoms with Crippen LogP contribution in [0.3, 0.4) is 0 Å². The largest absolute Gasteiger partial charge is 0.455 e. The molecule has 0 spiro atoms. The Morgan fingerprint density at radius 2 is 1.35 bits per heavy atom. The number of H-pyrrole nitrogens is 1. The maximum Gasteiger partial charge on any atom is 0.374 e. The van der Waals surface area contributed by atoms with Crippen molar-refractivity contribution in [2.45, 2.75) is 19.4 Å². The smallest absolute Gasteiger partial charge is 0.374 e. The lowest BCUT2D eigenvalue weighted by atomic mass is 10.0. The Morgan fingerprint density at radius 3 is 1.97 bits per heavy atom. The Bertz CT molecular complexity index is 1090. The quantitative estimate of drug-likeness (QED) is 0.338. The number of nitrogens with zero attached hydrogens (tertiary/aromatic N) is 1. The van der Waals surface area contributed by atoms with E-state index in [1.807, 2.05) is 78.9 Å². The summed E-state index contributed by atoms with van der Waals surface area (Å²) in [5.74, 6) is -0.285. The van der Waals surface area contributed by atoms with Crippen molar-refractivity contribution in [1.82, 2.24) is 9.97 Å². The third-order valence-corrected chi connectivity index (χ3v) is 5.35. The van der Waals surface area contributed by atoms with Gasteiger partial charge in [-0.05, 0) is 41.0 Å². The number of nitrogens with one attached hydrogen (secondary N) is 1. The molecular weight excluding hydrogens is 431 g/mol. The molecule has 156 valence electrons. The summed E-state index contributed by atoms with van der Waals surface area (Å²) in [4.78, 5) is 20.4. The van der Waals surface area contributed by atoms with E-state index in [-0.39, 0.29) is 12.4 Å². The topological polar surface area (TPSA) is 55.0 Å². The predicted molar refractivity (Wildman–Crippen MR) is 123 cm³/mol. The van der Waals surface area contributed by atoms with E-state index in [1.54, 1.807) is 0 Å². The standard InChI is InChI=1S/C25H20Cl2N2O2/c26-20-10-6-17(7-11-20)14-22-23(15-18-8-12-21(27)13-9-18)29-24(28-22)25(30)31-16-19-4-2-1-3-5-19/h1-13H,14-16H2,(H,28,29). The first kappa shape index (κ1) is 21.2. The molecule has 0 aliphatic carbocycles. The fraction of sp³-hybridized carbons (Fsp3) is 0.120. The third kappa shape index (κ3) is 5.75. The first-order valence-electron chi connectivity index (χ1n) is 9.84. The Morgan fingerprint density at radius 1 is 0.774 bits per heavy atom. The van der Waals surface area contributed by atoms with Gasteiger partial charge in [0.2, 0.25) is 5.82 Å². The average molecular weight is 451 g/mol. The van der Waals surface area contributed by atoms with Crippen molar-refractivity contribution in [2.24, 2.45) is 0 Å². The highest BCUT2D eigenvalue weighted by Gasteiger charge is 2.18.